The Balaban J connectivity index is 1.72. The van der Waals surface area contributed by atoms with E-state index in [9.17, 15) is 9.59 Å². The minimum atomic E-state index is -0.468. The van der Waals surface area contributed by atoms with Gasteiger partial charge in [0.05, 0.1) is 0 Å². The molecular formula is C17H18N4O3. The summed E-state index contributed by atoms with van der Waals surface area (Å²) in [6.07, 6.45) is 3.65. The standard InChI is InChI=1S/C17H18N4O3/c22-16(14-7-11-18-12-8-14)19-9-4-10-20-17(23)15(21-24)13-5-2-1-3-6-13/h1-3,5-8,11-12,24H,4,9-10H2,(H,19,22)(H,20,23)/b21-15-. The second-order valence-electron chi connectivity index (χ2n) is 4.92. The van der Waals surface area contributed by atoms with Crippen LogP contribution in [0.5, 0.6) is 0 Å². The minimum Gasteiger partial charge on any atom is -0.410 e. The first-order valence-corrected chi connectivity index (χ1v) is 7.46. The van der Waals surface area contributed by atoms with Gasteiger partial charge in [-0.15, -0.1) is 0 Å². The van der Waals surface area contributed by atoms with E-state index in [-0.39, 0.29) is 11.6 Å². The molecule has 0 radical (unpaired) electrons. The lowest BCUT2D eigenvalue weighted by molar-refractivity contribution is -0.114. The maximum atomic E-state index is 12.0. The smallest absolute Gasteiger partial charge is 0.273 e. The van der Waals surface area contributed by atoms with E-state index in [2.05, 4.69) is 20.8 Å². The van der Waals surface area contributed by atoms with Gasteiger partial charge in [0, 0.05) is 36.6 Å². The van der Waals surface area contributed by atoms with Crippen LogP contribution in [-0.4, -0.2) is 40.8 Å². The number of carbonyl (C=O) groups excluding carboxylic acids is 2. The number of benzene rings is 1. The summed E-state index contributed by atoms with van der Waals surface area (Å²) in [5.74, 6) is -0.658. The molecule has 0 atom stereocenters. The number of amides is 2. The van der Waals surface area contributed by atoms with Crippen LogP contribution >= 0.6 is 0 Å². The van der Waals surface area contributed by atoms with Crippen molar-refractivity contribution in [2.75, 3.05) is 13.1 Å². The Morgan fingerprint density at radius 1 is 0.958 bits per heavy atom. The number of aromatic nitrogens is 1. The predicted molar refractivity (Wildman–Crippen MR) is 89.0 cm³/mol. The summed E-state index contributed by atoms with van der Waals surface area (Å²) < 4.78 is 0. The van der Waals surface area contributed by atoms with E-state index in [1.54, 1.807) is 48.8 Å². The SMILES string of the molecule is O=C(NCCCNC(=O)c1ccncc1)/C(=N\O)c1ccccc1. The lowest BCUT2D eigenvalue weighted by Crippen LogP contribution is -2.34. The lowest BCUT2D eigenvalue weighted by Gasteiger charge is -2.08. The summed E-state index contributed by atoms with van der Waals surface area (Å²) in [5.41, 5.74) is 1.02. The molecule has 0 aliphatic carbocycles. The summed E-state index contributed by atoms with van der Waals surface area (Å²) in [6, 6.07) is 11.9. The molecule has 2 amide bonds. The maximum Gasteiger partial charge on any atom is 0.273 e. The fourth-order valence-electron chi connectivity index (χ4n) is 2.01. The second kappa shape index (κ2) is 9.04. The fraction of sp³-hybridized carbons (Fsp3) is 0.176. The average Bonchev–Trinajstić information content (AvgIpc) is 2.63. The lowest BCUT2D eigenvalue weighted by atomic mass is 10.1. The highest BCUT2D eigenvalue weighted by molar-refractivity contribution is 6.45. The van der Waals surface area contributed by atoms with Crippen LogP contribution in [0.3, 0.4) is 0 Å². The van der Waals surface area contributed by atoms with Crippen LogP contribution in [0, 0.1) is 0 Å². The molecule has 1 aromatic carbocycles. The van der Waals surface area contributed by atoms with Crippen molar-refractivity contribution < 1.29 is 14.8 Å². The second-order valence-corrected chi connectivity index (χ2v) is 4.92. The molecule has 0 saturated heterocycles. The third-order valence-corrected chi connectivity index (χ3v) is 3.23. The highest BCUT2D eigenvalue weighted by Crippen LogP contribution is 2.01. The van der Waals surface area contributed by atoms with Crippen LogP contribution in [0.25, 0.3) is 0 Å². The van der Waals surface area contributed by atoms with Crippen LogP contribution < -0.4 is 10.6 Å². The summed E-state index contributed by atoms with van der Waals surface area (Å²) in [4.78, 5) is 27.6. The van der Waals surface area contributed by atoms with Crippen molar-refractivity contribution in [3.8, 4) is 0 Å². The van der Waals surface area contributed by atoms with Crippen molar-refractivity contribution in [2.45, 2.75) is 6.42 Å². The van der Waals surface area contributed by atoms with Crippen LogP contribution in [0.15, 0.2) is 60.0 Å². The third-order valence-electron chi connectivity index (χ3n) is 3.23. The van der Waals surface area contributed by atoms with E-state index in [4.69, 9.17) is 5.21 Å². The first-order chi connectivity index (χ1) is 11.7. The molecule has 3 N–H and O–H groups in total. The molecular weight excluding hydrogens is 308 g/mol. The Kier molecular flexibility index (Phi) is 6.46. The summed E-state index contributed by atoms with van der Waals surface area (Å²) >= 11 is 0. The first-order valence-electron chi connectivity index (χ1n) is 7.46. The van der Waals surface area contributed by atoms with Crippen molar-refractivity contribution in [1.82, 2.24) is 15.6 Å². The summed E-state index contributed by atoms with van der Waals surface area (Å²) in [5, 5.41) is 17.5. The van der Waals surface area contributed by atoms with Gasteiger partial charge in [-0.1, -0.05) is 35.5 Å². The van der Waals surface area contributed by atoms with E-state index >= 15 is 0 Å². The fourth-order valence-corrected chi connectivity index (χ4v) is 2.01. The van der Waals surface area contributed by atoms with Crippen molar-refractivity contribution in [3.05, 3.63) is 66.0 Å². The Morgan fingerprint density at radius 2 is 1.62 bits per heavy atom. The molecule has 2 aromatic rings. The molecule has 0 bridgehead atoms. The number of carbonyl (C=O) groups is 2. The molecule has 2 rings (SSSR count). The Labute approximate surface area is 139 Å². The molecule has 7 heteroatoms. The molecule has 0 spiro atoms. The van der Waals surface area contributed by atoms with E-state index in [0.717, 1.165) is 0 Å². The quantitative estimate of drug-likeness (QED) is 0.308. The number of oxime groups is 1. The number of rotatable bonds is 7. The van der Waals surface area contributed by atoms with Gasteiger partial charge in [-0.05, 0) is 18.6 Å². The number of pyridine rings is 1. The molecule has 0 aliphatic heterocycles. The summed E-state index contributed by atoms with van der Waals surface area (Å²) in [7, 11) is 0. The molecule has 124 valence electrons. The Bertz CT molecular complexity index is 702. The number of nitrogens with one attached hydrogen (secondary N) is 2. The van der Waals surface area contributed by atoms with Crippen molar-refractivity contribution >= 4 is 17.5 Å². The van der Waals surface area contributed by atoms with Crippen LogP contribution in [0.4, 0.5) is 0 Å². The van der Waals surface area contributed by atoms with Gasteiger partial charge < -0.3 is 15.8 Å². The van der Waals surface area contributed by atoms with Gasteiger partial charge in [0.15, 0.2) is 5.71 Å². The van der Waals surface area contributed by atoms with Gasteiger partial charge in [-0.3, -0.25) is 14.6 Å². The average molecular weight is 326 g/mol. The largest absolute Gasteiger partial charge is 0.410 e. The zero-order valence-electron chi connectivity index (χ0n) is 13.0. The van der Waals surface area contributed by atoms with Crippen molar-refractivity contribution in [3.63, 3.8) is 0 Å². The Morgan fingerprint density at radius 3 is 2.29 bits per heavy atom. The van der Waals surface area contributed by atoms with Crippen LogP contribution in [0.2, 0.25) is 0 Å². The van der Waals surface area contributed by atoms with Crippen LogP contribution in [0.1, 0.15) is 22.3 Å². The molecule has 0 fully saturated rings. The number of nitrogens with zero attached hydrogens (tertiary/aromatic N) is 2. The number of hydrogen-bond donors (Lipinski definition) is 3. The predicted octanol–water partition coefficient (Wildman–Crippen LogP) is 1.20. The summed E-state index contributed by atoms with van der Waals surface area (Å²) in [6.45, 7) is 0.764. The van der Waals surface area contributed by atoms with Crippen LogP contribution in [-0.2, 0) is 4.79 Å². The van der Waals surface area contributed by atoms with Crippen molar-refractivity contribution in [2.24, 2.45) is 5.16 Å². The first kappa shape index (κ1) is 17.1. The third kappa shape index (κ3) is 4.91. The van der Waals surface area contributed by atoms with Gasteiger partial charge in [0.1, 0.15) is 0 Å². The van der Waals surface area contributed by atoms with E-state index in [0.29, 0.717) is 30.6 Å². The van der Waals surface area contributed by atoms with E-state index in [1.165, 1.54) is 0 Å². The molecule has 0 aliphatic rings. The molecule has 24 heavy (non-hydrogen) atoms. The number of hydrogen-bond acceptors (Lipinski definition) is 5. The zero-order chi connectivity index (χ0) is 17.2. The van der Waals surface area contributed by atoms with E-state index < -0.39 is 5.91 Å². The minimum absolute atomic E-state index is 0.0450. The van der Waals surface area contributed by atoms with Gasteiger partial charge in [0.2, 0.25) is 0 Å². The normalized spacial score (nSPS) is 10.9. The van der Waals surface area contributed by atoms with Gasteiger partial charge in [-0.2, -0.15) is 0 Å². The van der Waals surface area contributed by atoms with Gasteiger partial charge >= 0.3 is 0 Å². The zero-order valence-corrected chi connectivity index (χ0v) is 13.0. The van der Waals surface area contributed by atoms with Gasteiger partial charge in [-0.25, -0.2) is 0 Å². The topological polar surface area (TPSA) is 104 Å². The molecule has 0 unspecified atom stereocenters. The molecule has 1 heterocycles. The van der Waals surface area contributed by atoms with Crippen molar-refractivity contribution in [1.29, 1.82) is 0 Å². The Hall–Kier alpha value is -3.22. The molecule has 1 aromatic heterocycles. The molecule has 7 nitrogen and oxygen atoms in total. The monoisotopic (exact) mass is 326 g/mol. The highest BCUT2D eigenvalue weighted by Gasteiger charge is 2.13. The molecule has 0 saturated carbocycles. The highest BCUT2D eigenvalue weighted by atomic mass is 16.4. The van der Waals surface area contributed by atoms with E-state index in [1.807, 2.05) is 6.07 Å². The maximum absolute atomic E-state index is 12.0. The van der Waals surface area contributed by atoms with Gasteiger partial charge in [0.25, 0.3) is 11.8 Å².